The predicted octanol–water partition coefficient (Wildman–Crippen LogP) is 8.67. The summed E-state index contributed by atoms with van der Waals surface area (Å²) in [5.74, 6) is -8.04. The van der Waals surface area contributed by atoms with Crippen molar-refractivity contribution in [1.82, 2.24) is 19.9 Å². The quantitative estimate of drug-likeness (QED) is 0.0422. The van der Waals surface area contributed by atoms with Crippen LogP contribution in [0.3, 0.4) is 0 Å². The standard InChI is InChI=1S/C88H90N4O32/c1-41(93)109-69-37-105-85(81(117-49(9)101)77(69)113-45(5)97)121-57-21-13-53(14-22-57)73-61-29-31-63(89-61)74(54-15-23-58(24-16-54)122-86-82(118-50(10)102)78(114-46(6)98)70(38-106-86)110-42(2)94)65-33-35-67(91-65)76(56-19-27-60(28-20-56)124-88-84(120-52(12)104)80(116-48(8)100)72(40-108-88)112-44(4)96)68-36-34-66(92-68)75(64-32-30-62(73)90-64)55-17-25-59(26-18-55)123-87-83(119-51(11)103)79(115-47(7)99)71(39-107-87)111-43(3)95/h13-29,31,34,36,69-72,77-89,92H,30,32-33,35,37-40H2,1-12H3/t69-,70-,71-,72-,77-,78-,79-,80-,81+,82+,83+,84+,85+,86+,87+,88+/m1/s1. The van der Waals surface area contributed by atoms with E-state index in [0.29, 0.717) is 115 Å². The number of fused-ring (bicyclic) bond motifs is 8. The fraction of sp³-hybridized carbons (Fsp3) is 0.409. The van der Waals surface area contributed by atoms with E-state index in [1.165, 1.54) is 27.7 Å². The first-order valence-corrected chi connectivity index (χ1v) is 39.6. The van der Waals surface area contributed by atoms with Crippen molar-refractivity contribution in [3.8, 4) is 67.5 Å². The Bertz CT molecular complexity index is 4740. The van der Waals surface area contributed by atoms with Crippen LogP contribution in [0.1, 0.15) is 106 Å². The van der Waals surface area contributed by atoms with Crippen molar-refractivity contribution >= 4 is 93.7 Å². The zero-order valence-electron chi connectivity index (χ0n) is 69.4. The molecule has 3 aromatic heterocycles. The van der Waals surface area contributed by atoms with Crippen LogP contribution in [0.2, 0.25) is 0 Å². The molecule has 7 aromatic rings. The monoisotopic (exact) mass is 1710 g/mol. The third-order valence-corrected chi connectivity index (χ3v) is 20.1. The number of H-pyrrole nitrogens is 2. The summed E-state index contributed by atoms with van der Waals surface area (Å²) in [4.78, 5) is 169. The van der Waals surface area contributed by atoms with Crippen LogP contribution in [0.5, 0.6) is 23.0 Å². The van der Waals surface area contributed by atoms with Crippen LogP contribution in [-0.2, 0) is 159 Å². The van der Waals surface area contributed by atoms with Gasteiger partial charge in [-0.15, -0.1) is 0 Å². The average molecular weight is 1720 g/mol. The molecular formula is C88H90N4O32. The molecule has 36 heteroatoms. The van der Waals surface area contributed by atoms with Crippen LogP contribution < -0.4 is 18.9 Å². The molecule has 0 saturated carbocycles. The lowest BCUT2D eigenvalue weighted by atomic mass is 10.0. The van der Waals surface area contributed by atoms with Gasteiger partial charge in [0.2, 0.25) is 49.6 Å². The molecule has 6 aliphatic rings. The van der Waals surface area contributed by atoms with Gasteiger partial charge in [0.15, 0.2) is 48.8 Å². The van der Waals surface area contributed by atoms with Crippen LogP contribution in [-0.4, -0.2) is 216 Å². The third kappa shape index (κ3) is 21.4. The highest BCUT2D eigenvalue weighted by molar-refractivity contribution is 5.93. The molecule has 0 unspecified atom stereocenters. The van der Waals surface area contributed by atoms with E-state index in [2.05, 4.69) is 9.97 Å². The highest BCUT2D eigenvalue weighted by atomic mass is 16.8. The van der Waals surface area contributed by atoms with Crippen LogP contribution in [0.15, 0.2) is 121 Å². The number of aryl methyl sites for hydroxylation is 4. The van der Waals surface area contributed by atoms with Crippen molar-refractivity contribution in [3.63, 3.8) is 0 Å². The van der Waals surface area contributed by atoms with Crippen molar-refractivity contribution in [2.75, 3.05) is 26.4 Å². The first-order valence-electron chi connectivity index (χ1n) is 39.6. The maximum absolute atomic E-state index is 12.7. The first kappa shape index (κ1) is 88.5. The number of nitrogens with zero attached hydrogens (tertiary/aromatic N) is 2. The van der Waals surface area contributed by atoms with Gasteiger partial charge in [0.05, 0.1) is 49.2 Å². The van der Waals surface area contributed by atoms with E-state index in [9.17, 15) is 57.5 Å². The van der Waals surface area contributed by atoms with Gasteiger partial charge in [-0.3, -0.25) is 67.5 Å². The normalized spacial score (nSPS) is 24.0. The van der Waals surface area contributed by atoms with E-state index in [1.54, 1.807) is 97.1 Å². The van der Waals surface area contributed by atoms with Gasteiger partial charge < -0.3 is 105 Å². The molecule has 4 aromatic carbocycles. The zero-order chi connectivity index (χ0) is 88.5. The number of ether oxygens (including phenoxy) is 20. The zero-order valence-corrected chi connectivity index (χ0v) is 69.4. The summed E-state index contributed by atoms with van der Waals surface area (Å²) in [5.41, 5.74) is 9.83. The second-order valence-electron chi connectivity index (χ2n) is 29.6. The highest BCUT2D eigenvalue weighted by Gasteiger charge is 2.53. The highest BCUT2D eigenvalue weighted by Crippen LogP contribution is 2.42. The number of esters is 12. The Kier molecular flexibility index (Phi) is 27.7. The molecule has 2 N–H and O–H groups in total. The number of aromatic nitrogens is 4. The Morgan fingerprint density at radius 3 is 0.581 bits per heavy atom. The van der Waals surface area contributed by atoms with Gasteiger partial charge in [-0.25, -0.2) is 0 Å². The van der Waals surface area contributed by atoms with Crippen LogP contribution in [0.4, 0.5) is 0 Å². The molecule has 0 amide bonds. The van der Waals surface area contributed by atoms with Crippen molar-refractivity contribution < 1.29 is 152 Å². The Morgan fingerprint density at radius 1 is 0.242 bits per heavy atom. The van der Waals surface area contributed by atoms with Gasteiger partial charge in [-0.05, 0) is 121 Å². The minimum absolute atomic E-state index is 0.219. The summed E-state index contributed by atoms with van der Waals surface area (Å²) >= 11 is 0. The van der Waals surface area contributed by atoms with E-state index in [4.69, 9.17) is 105 Å². The number of aromatic amines is 2. The molecule has 0 radical (unpaired) electrons. The van der Waals surface area contributed by atoms with E-state index < -0.39 is 170 Å². The molecule has 4 fully saturated rings. The van der Waals surface area contributed by atoms with Crippen LogP contribution in [0.25, 0.3) is 66.6 Å². The maximum atomic E-state index is 12.7. The molecular weight excluding hydrogens is 1620 g/mol. The summed E-state index contributed by atoms with van der Waals surface area (Å²) in [6, 6.07) is 35.4. The Balaban J connectivity index is 0.980. The Hall–Kier alpha value is -13.3. The number of hydrogen-bond acceptors (Lipinski definition) is 34. The average Bonchev–Trinajstić information content (AvgIpc) is 1.50. The summed E-state index contributed by atoms with van der Waals surface area (Å²) in [6.45, 7) is 12.7. The smallest absolute Gasteiger partial charge is 0.303 e. The van der Waals surface area contributed by atoms with E-state index in [-0.39, 0.29) is 49.4 Å². The van der Waals surface area contributed by atoms with Crippen molar-refractivity contribution in [2.45, 2.75) is 207 Å². The predicted molar refractivity (Wildman–Crippen MR) is 426 cm³/mol. The van der Waals surface area contributed by atoms with E-state index >= 15 is 0 Å². The molecule has 9 heterocycles. The molecule has 16 atom stereocenters. The molecule has 13 rings (SSSR count). The summed E-state index contributed by atoms with van der Waals surface area (Å²) in [5, 5.41) is 0. The molecule has 6 aliphatic heterocycles. The molecule has 4 saturated heterocycles. The lowest BCUT2D eigenvalue weighted by Crippen LogP contribution is -2.59. The molecule has 0 aliphatic carbocycles. The molecule has 8 bridgehead atoms. The SMILES string of the molecule is CC(=O)O[C@@H]1[C@H](Oc2ccc(-c3c4nc(c(-c5ccc(O[C@@H]6OC[C@@H](OC(C)=O)[C@@H](OC(C)=O)[C@@H]6OC(C)=O)cc5)c5ccc([nH]5)c(-c5ccc(O[C@@H]6OC[C@@H](OC(C)=O)[C@@H](OC(C)=O)[C@@H]6OC(C)=O)cc5)c5nc(c(-c6ccc(O[C@@H]7OC[C@@H](OC(C)=O)[C@@H](OC(C)=O)[C@@H]7OC(C)=O)cc6)c6ccc3[nH]6)CC5)CC4)cc2)OC[C@@H](OC(C)=O)[C@H]1OC(C)=O. The molecule has 654 valence electrons. The van der Waals surface area contributed by atoms with Gasteiger partial charge in [0.1, 0.15) is 23.0 Å². The first-order chi connectivity index (χ1) is 59.3. The van der Waals surface area contributed by atoms with Crippen LogP contribution >= 0.6 is 0 Å². The maximum Gasteiger partial charge on any atom is 0.303 e. The van der Waals surface area contributed by atoms with Gasteiger partial charge in [-0.2, -0.15) is 0 Å². The largest absolute Gasteiger partial charge is 0.461 e. The number of benzene rings is 4. The number of carbonyl (C=O) groups excluding carboxylic acids is 12. The summed E-state index contributed by atoms with van der Waals surface area (Å²) < 4.78 is 117. The Morgan fingerprint density at radius 2 is 0.411 bits per heavy atom. The number of rotatable bonds is 24. The van der Waals surface area contributed by atoms with Crippen molar-refractivity contribution in [3.05, 3.63) is 144 Å². The van der Waals surface area contributed by atoms with E-state index in [1.807, 2.05) is 24.3 Å². The van der Waals surface area contributed by atoms with Crippen molar-refractivity contribution in [1.29, 1.82) is 0 Å². The fourth-order valence-corrected chi connectivity index (χ4v) is 15.6. The lowest BCUT2D eigenvalue weighted by Gasteiger charge is -2.40. The van der Waals surface area contributed by atoms with Gasteiger partial charge >= 0.3 is 71.6 Å². The molecule has 124 heavy (non-hydrogen) atoms. The minimum Gasteiger partial charge on any atom is -0.461 e. The Labute approximate surface area is 708 Å². The van der Waals surface area contributed by atoms with E-state index in [0.717, 1.165) is 55.4 Å². The van der Waals surface area contributed by atoms with Crippen LogP contribution in [0, 0.1) is 0 Å². The van der Waals surface area contributed by atoms with Gasteiger partial charge in [0.25, 0.3) is 0 Å². The topological polar surface area (TPSA) is 447 Å². The van der Waals surface area contributed by atoms with Gasteiger partial charge in [0, 0.05) is 127 Å². The number of hydrogen-bond donors (Lipinski definition) is 2. The summed E-state index contributed by atoms with van der Waals surface area (Å²) in [6.07, 6.45) is -19.8. The van der Waals surface area contributed by atoms with Crippen molar-refractivity contribution in [2.24, 2.45) is 0 Å². The number of nitrogens with one attached hydrogen (secondary N) is 2. The molecule has 36 nitrogen and oxygen atoms in total. The number of carbonyl (C=O) groups is 12. The second kappa shape index (κ2) is 38.8. The summed E-state index contributed by atoms with van der Waals surface area (Å²) in [7, 11) is 0. The fourth-order valence-electron chi connectivity index (χ4n) is 15.6. The third-order valence-electron chi connectivity index (χ3n) is 20.1. The lowest BCUT2D eigenvalue weighted by molar-refractivity contribution is -0.259. The van der Waals surface area contributed by atoms with Gasteiger partial charge in [-0.1, -0.05) is 48.5 Å². The minimum atomic E-state index is -1.41. The second-order valence-corrected chi connectivity index (χ2v) is 29.6. The molecule has 0 spiro atoms.